The van der Waals surface area contributed by atoms with E-state index in [1.807, 2.05) is 0 Å². The lowest BCUT2D eigenvalue weighted by molar-refractivity contribution is 0.0685. The van der Waals surface area contributed by atoms with Crippen molar-refractivity contribution in [2.45, 2.75) is 52.0 Å². The average molecular weight is 242 g/mol. The first-order valence-corrected chi connectivity index (χ1v) is 7.27. The minimum Gasteiger partial charge on any atom is -0.395 e. The highest BCUT2D eigenvalue weighted by molar-refractivity contribution is 4.86. The number of unbranched alkanes of at least 4 members (excludes halogenated alkanes) is 1. The Bertz CT molecular complexity index is 199. The number of rotatable bonds is 7. The van der Waals surface area contributed by atoms with E-state index in [1.165, 1.54) is 32.1 Å². The van der Waals surface area contributed by atoms with Gasteiger partial charge in [-0.25, -0.2) is 0 Å². The second-order valence-corrected chi connectivity index (χ2v) is 5.59. The molecule has 0 spiro atoms. The van der Waals surface area contributed by atoms with Crippen molar-refractivity contribution in [3.63, 3.8) is 0 Å². The molecule has 1 saturated carbocycles. The van der Waals surface area contributed by atoms with Crippen LogP contribution in [0.15, 0.2) is 0 Å². The molecular weight excluding hydrogens is 212 g/mol. The molecule has 1 rings (SSSR count). The standard InChI is InChI=1S/C14H30N2O/c1-3-4-7-16(8-9-17)14-10-12(2)5-6-13(14)11-15/h12-14,17H,3-11,15H2,1-2H3. The first-order valence-electron chi connectivity index (χ1n) is 7.27. The fraction of sp³-hybridized carbons (Fsp3) is 1.00. The minimum absolute atomic E-state index is 0.270. The lowest BCUT2D eigenvalue weighted by Gasteiger charge is -2.41. The third-order valence-electron chi connectivity index (χ3n) is 4.18. The molecule has 3 heteroatoms. The molecule has 0 aromatic rings. The van der Waals surface area contributed by atoms with Gasteiger partial charge in [-0.3, -0.25) is 4.90 Å². The van der Waals surface area contributed by atoms with E-state index in [0.717, 1.165) is 25.6 Å². The number of nitrogens with zero attached hydrogens (tertiary/aromatic N) is 1. The van der Waals surface area contributed by atoms with E-state index in [-0.39, 0.29) is 6.61 Å². The zero-order chi connectivity index (χ0) is 12.7. The van der Waals surface area contributed by atoms with Gasteiger partial charge in [-0.1, -0.05) is 26.7 Å². The fourth-order valence-corrected chi connectivity index (χ4v) is 3.07. The first-order chi connectivity index (χ1) is 8.22. The lowest BCUT2D eigenvalue weighted by Crippen LogP contribution is -2.48. The number of aliphatic hydroxyl groups excluding tert-OH is 1. The van der Waals surface area contributed by atoms with Gasteiger partial charge < -0.3 is 10.8 Å². The number of aliphatic hydroxyl groups is 1. The van der Waals surface area contributed by atoms with Crippen LogP contribution in [-0.2, 0) is 0 Å². The van der Waals surface area contributed by atoms with E-state index in [0.29, 0.717) is 12.0 Å². The summed E-state index contributed by atoms with van der Waals surface area (Å²) in [6.45, 7) is 7.56. The van der Waals surface area contributed by atoms with Crippen LogP contribution in [0.3, 0.4) is 0 Å². The zero-order valence-electron chi connectivity index (χ0n) is 11.6. The molecule has 0 aliphatic heterocycles. The molecule has 1 aliphatic rings. The maximum Gasteiger partial charge on any atom is 0.0558 e. The van der Waals surface area contributed by atoms with Gasteiger partial charge in [0.25, 0.3) is 0 Å². The highest BCUT2D eigenvalue weighted by atomic mass is 16.3. The second-order valence-electron chi connectivity index (χ2n) is 5.59. The fourth-order valence-electron chi connectivity index (χ4n) is 3.07. The first kappa shape index (κ1) is 14.9. The van der Waals surface area contributed by atoms with Crippen molar-refractivity contribution in [3.8, 4) is 0 Å². The third kappa shape index (κ3) is 4.57. The maximum atomic E-state index is 9.22. The van der Waals surface area contributed by atoms with Gasteiger partial charge in [0.2, 0.25) is 0 Å². The van der Waals surface area contributed by atoms with Crippen LogP contribution in [0.1, 0.15) is 46.0 Å². The molecule has 102 valence electrons. The van der Waals surface area contributed by atoms with Crippen molar-refractivity contribution < 1.29 is 5.11 Å². The van der Waals surface area contributed by atoms with Crippen LogP contribution in [0.4, 0.5) is 0 Å². The molecule has 0 bridgehead atoms. The summed E-state index contributed by atoms with van der Waals surface area (Å²) in [4.78, 5) is 2.48. The topological polar surface area (TPSA) is 49.5 Å². The van der Waals surface area contributed by atoms with Crippen LogP contribution in [-0.4, -0.2) is 42.3 Å². The molecule has 0 heterocycles. The van der Waals surface area contributed by atoms with Gasteiger partial charge in [-0.05, 0) is 44.2 Å². The van der Waals surface area contributed by atoms with Crippen LogP contribution < -0.4 is 5.73 Å². The third-order valence-corrected chi connectivity index (χ3v) is 4.18. The zero-order valence-corrected chi connectivity index (χ0v) is 11.6. The SMILES string of the molecule is CCCCN(CCO)C1CC(C)CCC1CN. The molecule has 0 saturated heterocycles. The Balaban J connectivity index is 2.59. The molecule has 0 radical (unpaired) electrons. The Hall–Kier alpha value is -0.120. The predicted octanol–water partition coefficient (Wildman–Crippen LogP) is 1.84. The lowest BCUT2D eigenvalue weighted by atomic mass is 9.78. The highest BCUT2D eigenvalue weighted by Gasteiger charge is 2.31. The number of hydrogen-bond donors (Lipinski definition) is 2. The molecule has 3 N–H and O–H groups in total. The van der Waals surface area contributed by atoms with Crippen LogP contribution in [0.2, 0.25) is 0 Å². The normalized spacial score (nSPS) is 29.8. The molecular formula is C14H30N2O. The van der Waals surface area contributed by atoms with E-state index in [4.69, 9.17) is 5.73 Å². The molecule has 1 aliphatic carbocycles. The van der Waals surface area contributed by atoms with E-state index >= 15 is 0 Å². The molecule has 0 amide bonds. The average Bonchev–Trinajstić information content (AvgIpc) is 2.34. The van der Waals surface area contributed by atoms with Crippen molar-refractivity contribution in [1.82, 2.24) is 4.90 Å². The summed E-state index contributed by atoms with van der Waals surface area (Å²) in [7, 11) is 0. The maximum absolute atomic E-state index is 9.22. The summed E-state index contributed by atoms with van der Waals surface area (Å²) in [5.41, 5.74) is 5.91. The molecule has 0 aromatic carbocycles. The van der Waals surface area contributed by atoms with E-state index in [2.05, 4.69) is 18.7 Å². The quantitative estimate of drug-likeness (QED) is 0.716. The molecule has 3 atom stereocenters. The monoisotopic (exact) mass is 242 g/mol. The number of hydrogen-bond acceptors (Lipinski definition) is 3. The Kier molecular flexibility index (Phi) is 7.09. The molecule has 3 unspecified atom stereocenters. The van der Waals surface area contributed by atoms with Gasteiger partial charge in [0.05, 0.1) is 6.61 Å². The van der Waals surface area contributed by atoms with E-state index < -0.39 is 0 Å². The predicted molar refractivity (Wildman–Crippen MR) is 72.9 cm³/mol. The molecule has 0 aromatic heterocycles. The van der Waals surface area contributed by atoms with Crippen LogP contribution in [0.25, 0.3) is 0 Å². The van der Waals surface area contributed by atoms with Gasteiger partial charge in [-0.2, -0.15) is 0 Å². The Morgan fingerprint density at radius 2 is 2.06 bits per heavy atom. The summed E-state index contributed by atoms with van der Waals surface area (Å²) in [6.07, 6.45) is 6.28. The summed E-state index contributed by atoms with van der Waals surface area (Å²) in [5, 5.41) is 9.22. The largest absolute Gasteiger partial charge is 0.395 e. The van der Waals surface area contributed by atoms with Crippen molar-refractivity contribution in [2.75, 3.05) is 26.2 Å². The van der Waals surface area contributed by atoms with Gasteiger partial charge >= 0.3 is 0 Å². The summed E-state index contributed by atoms with van der Waals surface area (Å²) in [5.74, 6) is 1.44. The van der Waals surface area contributed by atoms with E-state index in [1.54, 1.807) is 0 Å². The molecule has 3 nitrogen and oxygen atoms in total. The van der Waals surface area contributed by atoms with Crippen LogP contribution in [0.5, 0.6) is 0 Å². The van der Waals surface area contributed by atoms with Gasteiger partial charge in [0.15, 0.2) is 0 Å². The number of nitrogens with two attached hydrogens (primary N) is 1. The molecule has 1 fully saturated rings. The summed E-state index contributed by atoms with van der Waals surface area (Å²) >= 11 is 0. The van der Waals surface area contributed by atoms with Crippen molar-refractivity contribution in [1.29, 1.82) is 0 Å². The Morgan fingerprint density at radius 3 is 2.65 bits per heavy atom. The van der Waals surface area contributed by atoms with Crippen molar-refractivity contribution >= 4 is 0 Å². The van der Waals surface area contributed by atoms with Gasteiger partial charge in [0.1, 0.15) is 0 Å². The summed E-state index contributed by atoms with van der Waals surface area (Å²) < 4.78 is 0. The van der Waals surface area contributed by atoms with E-state index in [9.17, 15) is 5.11 Å². The Labute approximate surface area is 106 Å². The van der Waals surface area contributed by atoms with Crippen LogP contribution >= 0.6 is 0 Å². The second kappa shape index (κ2) is 8.06. The highest BCUT2D eigenvalue weighted by Crippen LogP contribution is 2.31. The Morgan fingerprint density at radius 1 is 1.29 bits per heavy atom. The van der Waals surface area contributed by atoms with Crippen molar-refractivity contribution in [3.05, 3.63) is 0 Å². The summed E-state index contributed by atoms with van der Waals surface area (Å²) in [6, 6.07) is 0.599. The minimum atomic E-state index is 0.270. The van der Waals surface area contributed by atoms with Gasteiger partial charge in [-0.15, -0.1) is 0 Å². The van der Waals surface area contributed by atoms with Gasteiger partial charge in [0, 0.05) is 12.6 Å². The smallest absolute Gasteiger partial charge is 0.0558 e. The van der Waals surface area contributed by atoms with Crippen molar-refractivity contribution in [2.24, 2.45) is 17.6 Å². The molecule has 17 heavy (non-hydrogen) atoms. The van der Waals surface area contributed by atoms with Crippen LogP contribution in [0, 0.1) is 11.8 Å².